The summed E-state index contributed by atoms with van der Waals surface area (Å²) in [5, 5.41) is 12.5. The van der Waals surface area contributed by atoms with Crippen LogP contribution in [-0.4, -0.2) is 22.8 Å². The third kappa shape index (κ3) is 2.41. The van der Waals surface area contributed by atoms with Gasteiger partial charge in [-0.25, -0.2) is 4.79 Å². The van der Waals surface area contributed by atoms with Crippen LogP contribution in [0, 0.1) is 0 Å². The maximum Gasteiger partial charge on any atom is 0.338 e. The molecule has 3 aromatic carbocycles. The molecule has 1 aliphatic carbocycles. The maximum absolute atomic E-state index is 12.5. The Hall–Kier alpha value is -3.27. The number of fused-ring (bicyclic) bond motifs is 5. The van der Waals surface area contributed by atoms with Crippen LogP contribution < -0.4 is 0 Å². The van der Waals surface area contributed by atoms with Crippen LogP contribution in [0.2, 0.25) is 0 Å². The van der Waals surface area contributed by atoms with Crippen molar-refractivity contribution in [2.24, 2.45) is 0 Å². The summed E-state index contributed by atoms with van der Waals surface area (Å²) in [4.78, 5) is 12.5. The molecule has 4 heteroatoms. The van der Waals surface area contributed by atoms with E-state index < -0.39 is 0 Å². The number of aromatic hydroxyl groups is 1. The molecule has 0 saturated carbocycles. The van der Waals surface area contributed by atoms with E-state index in [2.05, 4.69) is 16.7 Å². The summed E-state index contributed by atoms with van der Waals surface area (Å²) in [5.41, 5.74) is 6.16. The molecule has 4 nitrogen and oxygen atoms in total. The maximum atomic E-state index is 12.5. The summed E-state index contributed by atoms with van der Waals surface area (Å²) in [6, 6.07) is 17.8. The third-order valence-electron chi connectivity index (χ3n) is 5.79. The van der Waals surface area contributed by atoms with Gasteiger partial charge in [0.05, 0.1) is 29.1 Å². The van der Waals surface area contributed by atoms with Crippen molar-refractivity contribution in [2.75, 3.05) is 7.11 Å². The van der Waals surface area contributed by atoms with Crippen LogP contribution in [0.25, 0.3) is 21.8 Å². The standard InChI is InChI=1S/C24H21NO3/c1-28-24(27)18-11-6-12-19-21(18)22-20(26)13-16-9-5-10-17(16)23(22)25(19)14-15-7-3-2-4-8-15/h2-4,6-8,11-13,26H,5,9-10,14H2,1H3. The fourth-order valence-corrected chi connectivity index (χ4v) is 4.61. The largest absolute Gasteiger partial charge is 0.507 e. The molecule has 1 heterocycles. The van der Waals surface area contributed by atoms with E-state index in [-0.39, 0.29) is 11.7 Å². The Kier molecular flexibility index (Phi) is 3.86. The lowest BCUT2D eigenvalue weighted by atomic mass is 10.0. The van der Waals surface area contributed by atoms with Gasteiger partial charge >= 0.3 is 5.97 Å². The summed E-state index contributed by atoms with van der Waals surface area (Å²) in [6.45, 7) is 0.682. The van der Waals surface area contributed by atoms with Gasteiger partial charge in [0.2, 0.25) is 0 Å². The summed E-state index contributed by atoms with van der Waals surface area (Å²) in [7, 11) is 1.39. The molecule has 0 spiro atoms. The SMILES string of the molecule is COC(=O)c1cccc2c1c1c(O)cc3c(c1n2Cc1ccccc1)CCC3. The highest BCUT2D eigenvalue weighted by molar-refractivity contribution is 6.19. The van der Waals surface area contributed by atoms with Gasteiger partial charge in [0, 0.05) is 11.9 Å². The number of rotatable bonds is 3. The molecule has 1 N–H and O–H groups in total. The minimum absolute atomic E-state index is 0.240. The van der Waals surface area contributed by atoms with Gasteiger partial charge in [0.25, 0.3) is 0 Å². The Morgan fingerprint density at radius 3 is 2.68 bits per heavy atom. The molecule has 0 bridgehead atoms. The lowest BCUT2D eigenvalue weighted by Crippen LogP contribution is -2.03. The molecule has 1 aromatic heterocycles. The number of aryl methyl sites for hydroxylation is 2. The molecule has 0 aliphatic heterocycles. The van der Waals surface area contributed by atoms with Gasteiger partial charge in [-0.3, -0.25) is 0 Å². The molecule has 28 heavy (non-hydrogen) atoms. The number of phenolic OH excluding ortho intramolecular Hbond substituents is 1. The number of methoxy groups -OCH3 is 1. The molecule has 0 amide bonds. The lowest BCUT2D eigenvalue weighted by molar-refractivity contribution is 0.0603. The van der Waals surface area contributed by atoms with Crippen LogP contribution in [0.5, 0.6) is 5.75 Å². The van der Waals surface area contributed by atoms with Crippen molar-refractivity contribution < 1.29 is 14.6 Å². The number of nitrogens with zero attached hydrogens (tertiary/aromatic N) is 1. The average molecular weight is 371 g/mol. The number of aromatic nitrogens is 1. The van der Waals surface area contributed by atoms with Crippen LogP contribution in [0.15, 0.2) is 54.6 Å². The van der Waals surface area contributed by atoms with Gasteiger partial charge < -0.3 is 14.4 Å². The zero-order chi connectivity index (χ0) is 19.3. The fourth-order valence-electron chi connectivity index (χ4n) is 4.61. The van der Waals surface area contributed by atoms with Gasteiger partial charge in [-0.15, -0.1) is 0 Å². The normalized spacial score (nSPS) is 13.2. The van der Waals surface area contributed by atoms with Gasteiger partial charge in [-0.1, -0.05) is 36.4 Å². The minimum Gasteiger partial charge on any atom is -0.507 e. The lowest BCUT2D eigenvalue weighted by Gasteiger charge is -2.11. The zero-order valence-electron chi connectivity index (χ0n) is 15.7. The second-order valence-corrected chi connectivity index (χ2v) is 7.37. The van der Waals surface area contributed by atoms with Crippen LogP contribution in [0.1, 0.15) is 33.5 Å². The summed E-state index contributed by atoms with van der Waals surface area (Å²) in [5.74, 6) is -0.145. The number of hydrogen-bond acceptors (Lipinski definition) is 3. The van der Waals surface area contributed by atoms with Gasteiger partial charge in [-0.2, -0.15) is 0 Å². The van der Waals surface area contributed by atoms with Crippen LogP contribution in [0.4, 0.5) is 0 Å². The van der Waals surface area contributed by atoms with E-state index >= 15 is 0 Å². The summed E-state index contributed by atoms with van der Waals surface area (Å²) >= 11 is 0. The van der Waals surface area contributed by atoms with Crippen LogP contribution in [-0.2, 0) is 24.1 Å². The topological polar surface area (TPSA) is 51.5 Å². The molecule has 0 saturated heterocycles. The molecule has 0 unspecified atom stereocenters. The van der Waals surface area contributed by atoms with E-state index in [1.807, 2.05) is 36.4 Å². The second kappa shape index (κ2) is 6.41. The molecule has 4 aromatic rings. The van der Waals surface area contributed by atoms with Gasteiger partial charge in [0.1, 0.15) is 5.75 Å². The number of carbonyl (C=O) groups excluding carboxylic acids is 1. The van der Waals surface area contributed by atoms with E-state index in [9.17, 15) is 9.90 Å². The first-order valence-electron chi connectivity index (χ1n) is 9.60. The van der Waals surface area contributed by atoms with E-state index in [1.54, 1.807) is 6.07 Å². The van der Waals surface area contributed by atoms with Crippen molar-refractivity contribution in [3.63, 3.8) is 0 Å². The van der Waals surface area contributed by atoms with Gasteiger partial charge in [0.15, 0.2) is 0 Å². The Labute approximate surface area is 163 Å². The number of carbonyl (C=O) groups is 1. The van der Waals surface area contributed by atoms with Crippen LogP contribution in [0.3, 0.4) is 0 Å². The molecule has 1 aliphatic rings. The quantitative estimate of drug-likeness (QED) is 0.525. The first kappa shape index (κ1) is 16.9. The average Bonchev–Trinajstić information content (AvgIpc) is 3.31. The van der Waals surface area contributed by atoms with E-state index in [0.29, 0.717) is 12.1 Å². The van der Waals surface area contributed by atoms with Crippen molar-refractivity contribution in [3.8, 4) is 5.75 Å². The number of benzene rings is 3. The summed E-state index contributed by atoms with van der Waals surface area (Å²) in [6.07, 6.45) is 3.06. The van der Waals surface area contributed by atoms with E-state index in [0.717, 1.165) is 41.1 Å². The number of ether oxygens (including phenoxy) is 1. The molecule has 140 valence electrons. The van der Waals surface area contributed by atoms with E-state index in [1.165, 1.54) is 23.8 Å². The van der Waals surface area contributed by atoms with E-state index in [4.69, 9.17) is 4.74 Å². The van der Waals surface area contributed by atoms with Crippen LogP contribution >= 0.6 is 0 Å². The highest BCUT2D eigenvalue weighted by Gasteiger charge is 2.26. The predicted octanol–water partition coefficient (Wildman–Crippen LogP) is 4.82. The fraction of sp³-hybridized carbons (Fsp3) is 0.208. The highest BCUT2D eigenvalue weighted by Crippen LogP contribution is 2.43. The first-order chi connectivity index (χ1) is 13.7. The Morgan fingerprint density at radius 2 is 1.89 bits per heavy atom. The molecular formula is C24H21NO3. The molecular weight excluding hydrogens is 350 g/mol. The number of hydrogen-bond donors (Lipinski definition) is 1. The number of esters is 1. The Morgan fingerprint density at radius 1 is 1.07 bits per heavy atom. The smallest absolute Gasteiger partial charge is 0.338 e. The Bertz CT molecular complexity index is 1220. The Balaban J connectivity index is 1.92. The summed E-state index contributed by atoms with van der Waals surface area (Å²) < 4.78 is 7.27. The monoisotopic (exact) mass is 371 g/mol. The molecule has 0 fully saturated rings. The third-order valence-corrected chi connectivity index (χ3v) is 5.79. The minimum atomic E-state index is -0.385. The van der Waals surface area contributed by atoms with Gasteiger partial charge in [-0.05, 0) is 54.2 Å². The molecule has 5 rings (SSSR count). The van der Waals surface area contributed by atoms with Crippen molar-refractivity contribution in [1.82, 2.24) is 4.57 Å². The van der Waals surface area contributed by atoms with Crippen molar-refractivity contribution in [3.05, 3.63) is 76.9 Å². The van der Waals surface area contributed by atoms with Crippen molar-refractivity contribution in [1.29, 1.82) is 0 Å². The number of phenols is 1. The molecule has 0 atom stereocenters. The van der Waals surface area contributed by atoms with Crippen molar-refractivity contribution >= 4 is 27.8 Å². The first-order valence-corrected chi connectivity index (χ1v) is 9.60. The van der Waals surface area contributed by atoms with Crippen molar-refractivity contribution in [2.45, 2.75) is 25.8 Å². The second-order valence-electron chi connectivity index (χ2n) is 7.37. The zero-order valence-corrected chi connectivity index (χ0v) is 15.7. The highest BCUT2D eigenvalue weighted by atomic mass is 16.5. The molecule has 0 radical (unpaired) electrons. The predicted molar refractivity (Wildman–Crippen MR) is 110 cm³/mol.